The van der Waals surface area contributed by atoms with Gasteiger partial charge in [-0.1, -0.05) is 0 Å². The molecule has 2 aromatic rings. The standard InChI is InChI=1S/C23H32F3N7O4S/c1-15(12-23(24,25)26)29-22(34)37-19-4-3-16(11-19)17-13-27-21(28-14-17)30-18-5-9-33(10-6-18)38(35,36)20-7-8-32(2)31-20/h7-8,13-16,18-19H,3-6,9-12H2,1-2H3,(H,29,34)(H,27,28,30)/t15-,16?,19?/m0/s1. The summed E-state index contributed by atoms with van der Waals surface area (Å²) in [6.45, 7) is 2.01. The van der Waals surface area contributed by atoms with E-state index in [0.29, 0.717) is 44.7 Å². The molecule has 3 heterocycles. The van der Waals surface area contributed by atoms with Crippen LogP contribution in [0.25, 0.3) is 0 Å². The minimum absolute atomic E-state index is 0.0264. The van der Waals surface area contributed by atoms with Crippen molar-refractivity contribution in [2.24, 2.45) is 7.05 Å². The molecule has 1 aliphatic heterocycles. The van der Waals surface area contributed by atoms with Crippen molar-refractivity contribution in [2.75, 3.05) is 18.4 Å². The maximum absolute atomic E-state index is 12.7. The van der Waals surface area contributed by atoms with E-state index in [1.165, 1.54) is 22.0 Å². The summed E-state index contributed by atoms with van der Waals surface area (Å²) < 4.78 is 71.0. The van der Waals surface area contributed by atoms with Gasteiger partial charge in [0.05, 0.1) is 6.42 Å². The number of anilines is 1. The SMILES string of the molecule is C[C@@H](CC(F)(F)F)NC(=O)OC1CCC(c2cnc(NC3CCN(S(=O)(=O)c4ccn(C)n4)CC3)nc2)C1. The van der Waals surface area contributed by atoms with Gasteiger partial charge in [-0.15, -0.1) is 0 Å². The third kappa shape index (κ3) is 7.34. The number of halogens is 3. The number of hydrogen-bond donors (Lipinski definition) is 2. The van der Waals surface area contributed by atoms with E-state index in [9.17, 15) is 26.4 Å². The fourth-order valence-electron chi connectivity index (χ4n) is 4.84. The summed E-state index contributed by atoms with van der Waals surface area (Å²) in [7, 11) is -1.95. The highest BCUT2D eigenvalue weighted by Crippen LogP contribution is 2.35. The van der Waals surface area contributed by atoms with E-state index in [-0.39, 0.29) is 23.1 Å². The van der Waals surface area contributed by atoms with E-state index < -0.39 is 34.8 Å². The molecule has 210 valence electrons. The number of amides is 1. The monoisotopic (exact) mass is 559 g/mol. The number of ether oxygens (including phenoxy) is 1. The van der Waals surface area contributed by atoms with Gasteiger partial charge in [0, 0.05) is 50.8 Å². The molecule has 0 spiro atoms. The molecule has 4 rings (SSSR count). The lowest BCUT2D eigenvalue weighted by molar-refractivity contribution is -0.138. The second kappa shape index (κ2) is 11.4. The fraction of sp³-hybridized carbons (Fsp3) is 0.652. The Kier molecular flexibility index (Phi) is 8.45. The van der Waals surface area contributed by atoms with Crippen molar-refractivity contribution in [3.05, 3.63) is 30.2 Å². The lowest BCUT2D eigenvalue weighted by atomic mass is 10.0. The normalized spacial score (nSPS) is 22.2. The van der Waals surface area contributed by atoms with Gasteiger partial charge in [-0.3, -0.25) is 4.68 Å². The number of alkyl carbamates (subject to hydrolysis) is 1. The maximum Gasteiger partial charge on any atom is 0.407 e. The molecule has 1 amide bonds. The van der Waals surface area contributed by atoms with Crippen LogP contribution >= 0.6 is 0 Å². The molecule has 2 unspecified atom stereocenters. The largest absolute Gasteiger partial charge is 0.446 e. The molecule has 0 bridgehead atoms. The number of aryl methyl sites for hydroxylation is 1. The molecule has 15 heteroatoms. The molecule has 1 saturated heterocycles. The Labute approximate surface area is 219 Å². The van der Waals surface area contributed by atoms with E-state index in [4.69, 9.17) is 4.74 Å². The van der Waals surface area contributed by atoms with E-state index in [1.54, 1.807) is 25.6 Å². The van der Waals surface area contributed by atoms with Crippen LogP contribution in [0.2, 0.25) is 0 Å². The molecule has 2 aromatic heterocycles. The van der Waals surface area contributed by atoms with Crippen LogP contribution in [0.1, 0.15) is 56.9 Å². The van der Waals surface area contributed by atoms with Crippen LogP contribution in [0.4, 0.5) is 23.9 Å². The Bertz CT molecular complexity index is 1200. The first-order chi connectivity index (χ1) is 17.9. The molecule has 3 atom stereocenters. The van der Waals surface area contributed by atoms with Gasteiger partial charge in [0.2, 0.25) is 5.95 Å². The van der Waals surface area contributed by atoms with Crippen molar-refractivity contribution in [1.29, 1.82) is 0 Å². The van der Waals surface area contributed by atoms with Gasteiger partial charge in [0.25, 0.3) is 10.0 Å². The van der Waals surface area contributed by atoms with Crippen LogP contribution < -0.4 is 10.6 Å². The summed E-state index contributed by atoms with van der Waals surface area (Å²) in [5.41, 5.74) is 0.892. The predicted molar refractivity (Wildman–Crippen MR) is 131 cm³/mol. The zero-order chi connectivity index (χ0) is 27.5. The van der Waals surface area contributed by atoms with Crippen molar-refractivity contribution in [3.63, 3.8) is 0 Å². The van der Waals surface area contributed by atoms with E-state index in [2.05, 4.69) is 25.7 Å². The van der Waals surface area contributed by atoms with Crippen molar-refractivity contribution < 1.29 is 31.1 Å². The average molecular weight is 560 g/mol. The van der Waals surface area contributed by atoms with Gasteiger partial charge in [-0.25, -0.2) is 23.2 Å². The topological polar surface area (TPSA) is 131 Å². The van der Waals surface area contributed by atoms with Crippen LogP contribution in [-0.2, 0) is 21.8 Å². The van der Waals surface area contributed by atoms with Crippen LogP contribution in [0.15, 0.2) is 29.7 Å². The third-order valence-electron chi connectivity index (χ3n) is 6.78. The van der Waals surface area contributed by atoms with Crippen molar-refractivity contribution in [1.82, 2.24) is 29.4 Å². The molecule has 2 fully saturated rings. The van der Waals surface area contributed by atoms with Crippen LogP contribution in [0.5, 0.6) is 0 Å². The lowest BCUT2D eigenvalue weighted by Crippen LogP contribution is -2.42. The van der Waals surface area contributed by atoms with Crippen LogP contribution in [-0.4, -0.2) is 76.0 Å². The van der Waals surface area contributed by atoms with Gasteiger partial charge in [-0.05, 0) is 56.6 Å². The number of carbonyl (C=O) groups is 1. The number of hydrogen-bond acceptors (Lipinski definition) is 8. The molecule has 2 aliphatic rings. The fourth-order valence-corrected chi connectivity index (χ4v) is 6.27. The summed E-state index contributed by atoms with van der Waals surface area (Å²) in [6, 6.07) is 0.450. The first-order valence-corrected chi connectivity index (χ1v) is 14.0. The van der Waals surface area contributed by atoms with Gasteiger partial charge < -0.3 is 15.4 Å². The van der Waals surface area contributed by atoms with Crippen molar-refractivity contribution >= 4 is 22.1 Å². The predicted octanol–water partition coefficient (Wildman–Crippen LogP) is 3.18. The molecular formula is C23H32F3N7O4S. The highest BCUT2D eigenvalue weighted by molar-refractivity contribution is 7.89. The number of carbonyl (C=O) groups excluding carboxylic acids is 1. The molecule has 2 N–H and O–H groups in total. The highest BCUT2D eigenvalue weighted by atomic mass is 32.2. The Morgan fingerprint density at radius 1 is 1.18 bits per heavy atom. The van der Waals surface area contributed by atoms with E-state index >= 15 is 0 Å². The number of nitrogens with zero attached hydrogens (tertiary/aromatic N) is 5. The smallest absolute Gasteiger partial charge is 0.407 e. The van der Waals surface area contributed by atoms with Crippen molar-refractivity contribution in [2.45, 2.75) is 80.8 Å². The van der Waals surface area contributed by atoms with Crippen LogP contribution in [0, 0.1) is 0 Å². The third-order valence-corrected chi connectivity index (χ3v) is 8.58. The van der Waals surface area contributed by atoms with Gasteiger partial charge in [0.1, 0.15) is 6.10 Å². The Balaban J connectivity index is 1.22. The zero-order valence-corrected chi connectivity index (χ0v) is 22.0. The minimum Gasteiger partial charge on any atom is -0.446 e. The summed E-state index contributed by atoms with van der Waals surface area (Å²) in [4.78, 5) is 20.7. The molecule has 1 aliphatic carbocycles. The molecule has 11 nitrogen and oxygen atoms in total. The summed E-state index contributed by atoms with van der Waals surface area (Å²) in [5, 5.41) is 9.55. The maximum atomic E-state index is 12.7. The molecule has 0 aromatic carbocycles. The Hall–Kier alpha value is -2.94. The molecule has 0 radical (unpaired) electrons. The van der Waals surface area contributed by atoms with Gasteiger partial charge in [0.15, 0.2) is 5.03 Å². The lowest BCUT2D eigenvalue weighted by Gasteiger charge is -2.31. The number of rotatable bonds is 8. The highest BCUT2D eigenvalue weighted by Gasteiger charge is 2.33. The second-order valence-electron chi connectivity index (χ2n) is 9.89. The second-order valence-corrected chi connectivity index (χ2v) is 11.8. The average Bonchev–Trinajstić information content (AvgIpc) is 3.48. The first kappa shape index (κ1) is 28.1. The number of piperidine rings is 1. The quantitative estimate of drug-likeness (QED) is 0.504. The number of nitrogens with one attached hydrogen (secondary N) is 2. The molecule has 38 heavy (non-hydrogen) atoms. The van der Waals surface area contributed by atoms with Crippen molar-refractivity contribution in [3.8, 4) is 0 Å². The molecular weight excluding hydrogens is 527 g/mol. The van der Waals surface area contributed by atoms with Gasteiger partial charge >= 0.3 is 12.3 Å². The summed E-state index contributed by atoms with van der Waals surface area (Å²) in [6.07, 6.45) is 1.42. The Morgan fingerprint density at radius 3 is 2.47 bits per heavy atom. The summed E-state index contributed by atoms with van der Waals surface area (Å²) >= 11 is 0. The Morgan fingerprint density at radius 2 is 1.87 bits per heavy atom. The van der Waals surface area contributed by atoms with E-state index in [0.717, 1.165) is 12.0 Å². The number of alkyl halides is 3. The van der Waals surface area contributed by atoms with E-state index in [1.807, 2.05) is 0 Å². The number of sulfonamides is 1. The minimum atomic E-state index is -4.36. The van der Waals surface area contributed by atoms with Gasteiger partial charge in [-0.2, -0.15) is 22.6 Å². The zero-order valence-electron chi connectivity index (χ0n) is 21.2. The first-order valence-electron chi connectivity index (χ1n) is 12.5. The summed E-state index contributed by atoms with van der Waals surface area (Å²) in [5.74, 6) is 0.526. The number of aromatic nitrogens is 4. The molecule has 1 saturated carbocycles. The van der Waals surface area contributed by atoms with Crippen LogP contribution in [0.3, 0.4) is 0 Å².